The van der Waals surface area contributed by atoms with Crippen molar-refractivity contribution in [2.45, 2.75) is 5.51 Å². The van der Waals surface area contributed by atoms with E-state index in [-0.39, 0.29) is 10.6 Å². The second-order valence-electron chi connectivity index (χ2n) is 8.62. The fourth-order valence-corrected chi connectivity index (χ4v) is 4.04. The summed E-state index contributed by atoms with van der Waals surface area (Å²) in [5.74, 6) is 0. The molecule has 0 aliphatic rings. The van der Waals surface area contributed by atoms with Crippen LogP contribution in [-0.2, 0) is 10.1 Å². The number of non-ortho nitro benzene ring substituents is 1. The Morgan fingerprint density at radius 1 is 0.610 bits per heavy atom. The minimum Gasteiger partial charge on any atom is -0.741 e. The van der Waals surface area contributed by atoms with E-state index in [1.165, 1.54) is 0 Å². The van der Waals surface area contributed by atoms with Crippen molar-refractivity contribution in [1.82, 2.24) is 0 Å². The Kier molecular flexibility index (Phi) is 8.60. The van der Waals surface area contributed by atoms with Gasteiger partial charge in [-0.3, -0.25) is 10.1 Å². The molecule has 5 rings (SSSR count). The molecule has 0 saturated heterocycles. The van der Waals surface area contributed by atoms with Crippen molar-refractivity contribution >= 4 is 15.8 Å². The smallest absolute Gasteiger partial charge is 0.485 e. The second-order valence-corrected chi connectivity index (χ2v) is 9.99. The van der Waals surface area contributed by atoms with Crippen LogP contribution in [0.3, 0.4) is 0 Å². The van der Waals surface area contributed by atoms with E-state index in [1.54, 1.807) is 24.3 Å². The molecule has 0 amide bonds. The van der Waals surface area contributed by atoms with Crippen LogP contribution >= 0.6 is 0 Å². The number of pyridine rings is 1. The van der Waals surface area contributed by atoms with Crippen LogP contribution in [0.15, 0.2) is 127 Å². The van der Waals surface area contributed by atoms with Gasteiger partial charge in [-0.2, -0.15) is 17.7 Å². The molecule has 0 saturated carbocycles. The lowest BCUT2D eigenvalue weighted by Crippen LogP contribution is -2.36. The first kappa shape index (κ1) is 29.1. The van der Waals surface area contributed by atoms with E-state index in [9.17, 15) is 23.3 Å². The first-order chi connectivity index (χ1) is 19.5. The summed E-state index contributed by atoms with van der Waals surface area (Å²) in [6.45, 7) is 0. The molecule has 41 heavy (non-hydrogen) atoms. The van der Waals surface area contributed by atoms with Gasteiger partial charge in [0.25, 0.3) is 5.69 Å². The minimum absolute atomic E-state index is 0.0720. The van der Waals surface area contributed by atoms with Crippen molar-refractivity contribution in [1.29, 1.82) is 0 Å². The van der Waals surface area contributed by atoms with E-state index in [0.717, 1.165) is 39.3 Å². The lowest BCUT2D eigenvalue weighted by Gasteiger charge is -2.12. The quantitative estimate of drug-likeness (QED) is 0.0740. The molecule has 1 heterocycles. The van der Waals surface area contributed by atoms with Crippen LogP contribution in [0, 0.1) is 10.1 Å². The van der Waals surface area contributed by atoms with Crippen molar-refractivity contribution in [3.05, 3.63) is 138 Å². The summed E-state index contributed by atoms with van der Waals surface area (Å²) in [6.07, 6.45) is 0. The maximum absolute atomic E-state index is 11.2. The number of aromatic nitrogens is 1. The first-order valence-corrected chi connectivity index (χ1v) is 13.4. The molecule has 0 unspecified atom stereocenters. The molecule has 208 valence electrons. The summed E-state index contributed by atoms with van der Waals surface area (Å²) >= 11 is 0. The molecule has 0 aliphatic heterocycles. The number of benzene rings is 4. The Morgan fingerprint density at radius 2 is 0.976 bits per heavy atom. The first-order valence-electron chi connectivity index (χ1n) is 12.0. The van der Waals surface area contributed by atoms with Crippen LogP contribution in [0.2, 0.25) is 0 Å². The standard InChI is InChI=1S/C29H21N2O2.CHF3O3S/c32-31(33)27-18-16-26(17-19-27)30-28(23-12-6-2-7-13-23)20-25(22-10-4-1-5-11-22)21-29(30)24-14-8-3-9-15-24;2-1(3,4)8(5,6)7/h1-21H;(H,5,6,7)/q+1;/p-1. The normalized spacial score (nSPS) is 11.3. The van der Waals surface area contributed by atoms with E-state index in [0.29, 0.717) is 0 Å². The number of nitro benzene ring substituents is 1. The van der Waals surface area contributed by atoms with Crippen molar-refractivity contribution < 1.29 is 35.6 Å². The van der Waals surface area contributed by atoms with Crippen molar-refractivity contribution in [3.63, 3.8) is 0 Å². The van der Waals surface area contributed by atoms with Gasteiger partial charge >= 0.3 is 5.51 Å². The molecular formula is C30H21F3N2O5S. The molecule has 1 aromatic heterocycles. The van der Waals surface area contributed by atoms with Gasteiger partial charge in [-0.1, -0.05) is 66.7 Å². The summed E-state index contributed by atoms with van der Waals surface area (Å²) in [5.41, 5.74) is 1.65. The molecule has 0 aliphatic carbocycles. The molecule has 0 radical (unpaired) electrons. The highest BCUT2D eigenvalue weighted by atomic mass is 32.2. The molecule has 0 N–H and O–H groups in total. The molecule has 0 fully saturated rings. The summed E-state index contributed by atoms with van der Waals surface area (Å²) in [7, 11) is -6.09. The molecule has 0 bridgehead atoms. The van der Waals surface area contributed by atoms with Gasteiger partial charge in [0.05, 0.1) is 4.92 Å². The number of hydrogen-bond donors (Lipinski definition) is 0. The van der Waals surface area contributed by atoms with Gasteiger partial charge in [0.1, 0.15) is 0 Å². The molecule has 7 nitrogen and oxygen atoms in total. The van der Waals surface area contributed by atoms with Gasteiger partial charge in [0.2, 0.25) is 17.1 Å². The maximum atomic E-state index is 11.2. The van der Waals surface area contributed by atoms with Crippen molar-refractivity contribution in [2.24, 2.45) is 0 Å². The highest BCUT2D eigenvalue weighted by Crippen LogP contribution is 2.30. The zero-order valence-corrected chi connectivity index (χ0v) is 21.9. The van der Waals surface area contributed by atoms with Crippen LogP contribution in [0.25, 0.3) is 39.3 Å². The highest BCUT2D eigenvalue weighted by molar-refractivity contribution is 7.86. The number of hydrogen-bond acceptors (Lipinski definition) is 5. The van der Waals surface area contributed by atoms with E-state index in [1.807, 2.05) is 54.6 Å². The Morgan fingerprint density at radius 3 is 1.32 bits per heavy atom. The molecule has 4 aromatic carbocycles. The van der Waals surface area contributed by atoms with Crippen molar-refractivity contribution in [3.8, 4) is 39.3 Å². The predicted octanol–water partition coefficient (Wildman–Crippen LogP) is 6.92. The average Bonchev–Trinajstić information content (AvgIpc) is 2.97. The molecule has 5 aromatic rings. The Balaban J connectivity index is 0.000000426. The fourth-order valence-electron chi connectivity index (χ4n) is 4.04. The van der Waals surface area contributed by atoms with Crippen molar-refractivity contribution in [2.75, 3.05) is 0 Å². The van der Waals surface area contributed by atoms with Gasteiger partial charge in [-0.15, -0.1) is 0 Å². The number of nitrogens with zero attached hydrogens (tertiary/aromatic N) is 2. The van der Waals surface area contributed by atoms with E-state index >= 15 is 0 Å². The fraction of sp³-hybridized carbons (Fsp3) is 0.0333. The van der Waals surface area contributed by atoms with Crippen LogP contribution < -0.4 is 4.57 Å². The average molecular weight is 579 g/mol. The Bertz CT molecular complexity index is 1690. The molecule has 0 spiro atoms. The third-order valence-corrected chi connectivity index (χ3v) is 6.48. The van der Waals surface area contributed by atoms with Gasteiger partial charge in [0, 0.05) is 47.5 Å². The van der Waals surface area contributed by atoms with Gasteiger partial charge in [-0.05, 0) is 35.4 Å². The van der Waals surface area contributed by atoms with Crippen LogP contribution in [-0.4, -0.2) is 23.4 Å². The van der Waals surface area contributed by atoms with Gasteiger partial charge < -0.3 is 4.55 Å². The summed E-state index contributed by atoms with van der Waals surface area (Å²) in [5, 5.41) is 11.2. The summed E-state index contributed by atoms with van der Waals surface area (Å²) < 4.78 is 61.1. The lowest BCUT2D eigenvalue weighted by atomic mass is 9.98. The predicted molar refractivity (Wildman–Crippen MR) is 147 cm³/mol. The summed E-state index contributed by atoms with van der Waals surface area (Å²) in [4.78, 5) is 10.9. The SMILES string of the molecule is O=S(=O)([O-])C(F)(F)F.O=[N+]([O-])c1ccc(-[n+]2c(-c3ccccc3)cc(-c3ccccc3)cc2-c2ccccc2)cc1. The lowest BCUT2D eigenvalue weighted by molar-refractivity contribution is -0.572. The third kappa shape index (κ3) is 7.02. The molecule has 11 heteroatoms. The van der Waals surface area contributed by atoms with E-state index in [4.69, 9.17) is 13.0 Å². The molecular weight excluding hydrogens is 557 g/mol. The number of halogens is 3. The Labute approximate surface area is 233 Å². The number of alkyl halides is 3. The third-order valence-electron chi connectivity index (χ3n) is 5.91. The van der Waals surface area contributed by atoms with Crippen LogP contribution in [0.5, 0.6) is 0 Å². The number of nitro groups is 1. The largest absolute Gasteiger partial charge is 0.741 e. The zero-order chi connectivity index (χ0) is 29.6. The Hall–Kier alpha value is -4.87. The van der Waals surface area contributed by atoms with Gasteiger partial charge in [0.15, 0.2) is 10.1 Å². The zero-order valence-electron chi connectivity index (χ0n) is 21.1. The molecule has 0 atom stereocenters. The van der Waals surface area contributed by atoms with E-state index in [2.05, 4.69) is 53.1 Å². The van der Waals surface area contributed by atoms with Gasteiger partial charge in [-0.25, -0.2) is 8.42 Å². The second kappa shape index (κ2) is 12.1. The maximum Gasteiger partial charge on any atom is 0.485 e. The monoisotopic (exact) mass is 578 g/mol. The van der Waals surface area contributed by atoms with Crippen LogP contribution in [0.1, 0.15) is 0 Å². The highest BCUT2D eigenvalue weighted by Gasteiger charge is 2.37. The van der Waals surface area contributed by atoms with Crippen LogP contribution in [0.4, 0.5) is 18.9 Å². The minimum atomic E-state index is -6.09. The summed E-state index contributed by atoms with van der Waals surface area (Å²) in [6, 6.07) is 41.8. The van der Waals surface area contributed by atoms with E-state index < -0.39 is 15.6 Å². The topological polar surface area (TPSA) is 104 Å². The number of rotatable bonds is 5.